The average Bonchev–Trinajstić information content (AvgIpc) is 2.64. The van der Waals surface area contributed by atoms with E-state index in [2.05, 4.69) is 10.2 Å². The van der Waals surface area contributed by atoms with Gasteiger partial charge in [0.1, 0.15) is 0 Å². The third kappa shape index (κ3) is 1.59. The van der Waals surface area contributed by atoms with Crippen LogP contribution in [0.2, 0.25) is 0 Å². The summed E-state index contributed by atoms with van der Waals surface area (Å²) in [7, 11) is -3.63. The Labute approximate surface area is 83.5 Å². The summed E-state index contributed by atoms with van der Waals surface area (Å²) in [5.74, 6) is 2.94. The fourth-order valence-electron chi connectivity index (χ4n) is 1.77. The van der Waals surface area contributed by atoms with E-state index in [1.165, 1.54) is 5.56 Å². The van der Waals surface area contributed by atoms with Crippen LogP contribution < -0.4 is 5.90 Å². The highest BCUT2D eigenvalue weighted by atomic mass is 32.3. The second kappa shape index (κ2) is 3.43. The molecule has 0 saturated carbocycles. The summed E-state index contributed by atoms with van der Waals surface area (Å²) < 4.78 is 26.8. The summed E-state index contributed by atoms with van der Waals surface area (Å²) in [4.78, 5) is 0.202. The molecule has 1 aromatic carbocycles. The van der Waals surface area contributed by atoms with Crippen LogP contribution in [0.4, 0.5) is 0 Å². The van der Waals surface area contributed by atoms with Crippen molar-refractivity contribution < 1.29 is 18.9 Å². The van der Waals surface area contributed by atoms with Crippen molar-refractivity contribution in [3.63, 3.8) is 0 Å². The smallest absolute Gasteiger partial charge is 0.158 e. The van der Waals surface area contributed by atoms with Crippen molar-refractivity contribution in [3.05, 3.63) is 29.3 Å². The molecule has 0 fully saturated rings. The van der Waals surface area contributed by atoms with E-state index in [1.807, 2.05) is 6.07 Å². The van der Waals surface area contributed by atoms with Crippen molar-refractivity contribution in [2.45, 2.75) is 24.2 Å². The molecule has 4 nitrogen and oxygen atoms in total. The molecule has 1 radical (unpaired) electrons. The molecule has 5 heteroatoms. The fraction of sp³-hybridized carbons (Fsp3) is 0.333. The molecule has 0 bridgehead atoms. The predicted octanol–water partition coefficient (Wildman–Crippen LogP) is 0.468. The second-order valence-electron chi connectivity index (χ2n) is 3.36. The van der Waals surface area contributed by atoms with E-state index in [-0.39, 0.29) is 4.90 Å². The van der Waals surface area contributed by atoms with Gasteiger partial charge in [0.05, 0.1) is 8.84 Å². The predicted molar refractivity (Wildman–Crippen MR) is 49.4 cm³/mol. The van der Waals surface area contributed by atoms with E-state index in [4.69, 9.17) is 0 Å². The number of hydrogen-bond donors (Lipinski definition) is 1. The van der Waals surface area contributed by atoms with Crippen molar-refractivity contribution in [3.8, 4) is 0 Å². The third-order valence-electron chi connectivity index (χ3n) is 2.51. The van der Waals surface area contributed by atoms with Gasteiger partial charge in [-0.1, -0.05) is 6.07 Å². The van der Waals surface area contributed by atoms with Gasteiger partial charge >= 0.3 is 10.5 Å². The number of quaternary nitrogens is 1. The Hall–Kier alpha value is -0.750. The van der Waals surface area contributed by atoms with Crippen LogP contribution in [-0.4, -0.2) is 0 Å². The van der Waals surface area contributed by atoms with Crippen molar-refractivity contribution in [2.75, 3.05) is 0 Å². The Balaban J connectivity index is 2.43. The van der Waals surface area contributed by atoms with Gasteiger partial charge < -0.3 is 0 Å². The van der Waals surface area contributed by atoms with Crippen LogP contribution in [0.5, 0.6) is 0 Å². The molecule has 0 amide bonds. The first-order valence-electron chi connectivity index (χ1n) is 4.44. The normalized spacial score (nSPS) is 19.0. The highest BCUT2D eigenvalue weighted by Gasteiger charge is 2.37. The van der Waals surface area contributed by atoms with Crippen LogP contribution >= 0.6 is 0 Å². The van der Waals surface area contributed by atoms with Crippen molar-refractivity contribution in [1.82, 2.24) is 0 Å². The van der Waals surface area contributed by atoms with Crippen molar-refractivity contribution in [1.29, 1.82) is 0 Å². The molecule has 75 valence electrons. The molecule has 14 heavy (non-hydrogen) atoms. The van der Waals surface area contributed by atoms with Gasteiger partial charge in [-0.3, -0.25) is 0 Å². The van der Waals surface area contributed by atoms with Gasteiger partial charge in [0.25, 0.3) is 0 Å². The molecule has 1 atom stereocenters. The maximum atomic E-state index is 11.3. The van der Waals surface area contributed by atoms with Gasteiger partial charge in [-0.05, 0) is 34.6 Å². The molecular weight excluding hydrogens is 202 g/mol. The second-order valence-corrected chi connectivity index (χ2v) is 4.97. The van der Waals surface area contributed by atoms with Crippen LogP contribution in [0.15, 0.2) is 23.1 Å². The highest BCUT2D eigenvalue weighted by Crippen LogP contribution is 2.26. The molecule has 0 aliphatic heterocycles. The third-order valence-corrected chi connectivity index (χ3v) is 3.66. The minimum atomic E-state index is -3.63. The van der Waals surface area contributed by atoms with Gasteiger partial charge in [-0.25, -0.2) is 0 Å². The van der Waals surface area contributed by atoms with Crippen LogP contribution in [0.25, 0.3) is 0 Å². The Morgan fingerprint density at radius 1 is 1.29 bits per heavy atom. The van der Waals surface area contributed by atoms with Crippen LogP contribution in [-0.2, 0) is 36.4 Å². The topological polar surface area (TPSA) is 73.8 Å². The maximum Gasteiger partial charge on any atom is 0.482 e. The van der Waals surface area contributed by atoms with E-state index >= 15 is 0 Å². The SMILES string of the molecule is [NH3+]O[S+]([O])(=O)c1ccc2c(c1)CCC2. The summed E-state index contributed by atoms with van der Waals surface area (Å²) in [6.07, 6.45) is 3.10. The van der Waals surface area contributed by atoms with Gasteiger partial charge in [0.2, 0.25) is 4.90 Å². The summed E-state index contributed by atoms with van der Waals surface area (Å²) in [5.41, 5.74) is 2.36. The number of rotatable bonds is 2. The van der Waals surface area contributed by atoms with Gasteiger partial charge in [0.15, 0.2) is 0 Å². The zero-order chi connectivity index (χ0) is 10.2. The Kier molecular flexibility index (Phi) is 2.40. The van der Waals surface area contributed by atoms with Gasteiger partial charge in [-0.15, -0.1) is 0 Å². The van der Waals surface area contributed by atoms with E-state index in [0.717, 1.165) is 24.8 Å². The average molecular weight is 214 g/mol. The molecule has 0 heterocycles. The first-order valence-corrected chi connectivity index (χ1v) is 5.85. The quantitative estimate of drug-likeness (QED) is 0.574. The van der Waals surface area contributed by atoms with E-state index in [9.17, 15) is 8.76 Å². The molecule has 0 saturated heterocycles. The molecule has 0 aromatic heterocycles. The van der Waals surface area contributed by atoms with Crippen molar-refractivity contribution >= 4 is 10.5 Å². The largest absolute Gasteiger partial charge is 0.482 e. The van der Waals surface area contributed by atoms with E-state index < -0.39 is 10.5 Å². The molecule has 1 unspecified atom stereocenters. The minimum Gasteiger partial charge on any atom is -0.158 e. The van der Waals surface area contributed by atoms with Gasteiger partial charge in [-0.2, -0.15) is 5.90 Å². The molecule has 1 aromatic rings. The molecular formula is C9H12NO3S+2. The summed E-state index contributed by atoms with van der Waals surface area (Å²) in [5, 5.41) is 0. The monoisotopic (exact) mass is 214 g/mol. The Bertz CT molecular complexity index is 405. The van der Waals surface area contributed by atoms with Crippen LogP contribution in [0.1, 0.15) is 17.5 Å². The van der Waals surface area contributed by atoms with Gasteiger partial charge in [0, 0.05) is 12.1 Å². The van der Waals surface area contributed by atoms with Crippen LogP contribution in [0.3, 0.4) is 0 Å². The lowest BCUT2D eigenvalue weighted by Crippen LogP contribution is -2.52. The lowest BCUT2D eigenvalue weighted by molar-refractivity contribution is -0.637. The number of fused-ring (bicyclic) bond motifs is 1. The fourth-order valence-corrected chi connectivity index (χ4v) is 2.43. The minimum absolute atomic E-state index is 0.202. The maximum absolute atomic E-state index is 11.3. The summed E-state index contributed by atoms with van der Waals surface area (Å²) in [6, 6.07) is 5.11. The number of aryl methyl sites for hydroxylation is 2. The molecule has 1 aliphatic rings. The molecule has 3 N–H and O–H groups in total. The lowest BCUT2D eigenvalue weighted by Gasteiger charge is -1.98. The number of benzene rings is 1. The van der Waals surface area contributed by atoms with Crippen LogP contribution in [0, 0.1) is 0 Å². The molecule has 1 aliphatic carbocycles. The summed E-state index contributed by atoms with van der Waals surface area (Å²) in [6.45, 7) is 0. The van der Waals surface area contributed by atoms with E-state index in [1.54, 1.807) is 12.1 Å². The highest BCUT2D eigenvalue weighted by molar-refractivity contribution is 7.92. The lowest BCUT2D eigenvalue weighted by atomic mass is 10.1. The first-order chi connectivity index (χ1) is 6.63. The first kappa shape index (κ1) is 9.79. The number of hydrogen-bond acceptors (Lipinski definition) is 2. The zero-order valence-corrected chi connectivity index (χ0v) is 8.51. The molecule has 0 spiro atoms. The standard InChI is InChI=1S/C9H12NO3S/c10-13-14(11,12)9-5-4-7-2-1-3-8(7)6-9/h4-6H,1-3H2,10H3/q+2. The molecule has 2 rings (SSSR count). The van der Waals surface area contributed by atoms with E-state index in [0.29, 0.717) is 0 Å². The zero-order valence-electron chi connectivity index (χ0n) is 7.69. The van der Waals surface area contributed by atoms with Crippen molar-refractivity contribution in [2.24, 2.45) is 0 Å². The Morgan fingerprint density at radius 2 is 2.00 bits per heavy atom. The Morgan fingerprint density at radius 3 is 2.71 bits per heavy atom. The summed E-state index contributed by atoms with van der Waals surface area (Å²) >= 11 is 0.